The van der Waals surface area contributed by atoms with Crippen LogP contribution in [0.15, 0.2) is 22.7 Å². The van der Waals surface area contributed by atoms with E-state index in [0.717, 1.165) is 29.2 Å². The Morgan fingerprint density at radius 3 is 2.56 bits per heavy atom. The second-order valence-electron chi connectivity index (χ2n) is 4.16. The Kier molecular flexibility index (Phi) is 5.85. The molecule has 0 aliphatic heterocycles. The van der Waals surface area contributed by atoms with Gasteiger partial charge in [0.1, 0.15) is 0 Å². The second-order valence-corrected chi connectivity index (χ2v) is 5.07. The molecule has 0 unspecified atom stereocenters. The molecule has 1 aromatic rings. The molecule has 1 rings (SSSR count). The molecule has 3 N–H and O–H groups in total. The van der Waals surface area contributed by atoms with Crippen LogP contribution in [0.2, 0.25) is 0 Å². The SMILES string of the molecule is CCC(CC)CNCc1ccc(Br)cc1N. The van der Waals surface area contributed by atoms with Crippen LogP contribution >= 0.6 is 15.9 Å². The number of halogens is 1. The summed E-state index contributed by atoms with van der Waals surface area (Å²) >= 11 is 3.41. The number of rotatable bonds is 6. The topological polar surface area (TPSA) is 38.0 Å². The van der Waals surface area contributed by atoms with E-state index in [-0.39, 0.29) is 0 Å². The van der Waals surface area contributed by atoms with Crippen molar-refractivity contribution >= 4 is 21.6 Å². The zero-order valence-electron chi connectivity index (χ0n) is 10.1. The summed E-state index contributed by atoms with van der Waals surface area (Å²) in [6.07, 6.45) is 2.47. The van der Waals surface area contributed by atoms with Gasteiger partial charge in [-0.25, -0.2) is 0 Å². The Balaban J connectivity index is 2.42. The van der Waals surface area contributed by atoms with E-state index < -0.39 is 0 Å². The maximum atomic E-state index is 5.93. The normalized spacial score (nSPS) is 11.0. The first kappa shape index (κ1) is 13.5. The first-order valence-corrected chi connectivity index (χ1v) is 6.71. The molecule has 0 heterocycles. The lowest BCUT2D eigenvalue weighted by Gasteiger charge is -2.14. The van der Waals surface area contributed by atoms with E-state index >= 15 is 0 Å². The Morgan fingerprint density at radius 1 is 1.31 bits per heavy atom. The lowest BCUT2D eigenvalue weighted by atomic mass is 10.0. The molecule has 0 aliphatic carbocycles. The quantitative estimate of drug-likeness (QED) is 0.784. The molecule has 16 heavy (non-hydrogen) atoms. The van der Waals surface area contributed by atoms with E-state index in [1.165, 1.54) is 18.4 Å². The summed E-state index contributed by atoms with van der Waals surface area (Å²) in [6, 6.07) is 6.05. The van der Waals surface area contributed by atoms with Gasteiger partial charge >= 0.3 is 0 Å². The fourth-order valence-corrected chi connectivity index (χ4v) is 2.09. The van der Waals surface area contributed by atoms with Crippen molar-refractivity contribution in [3.63, 3.8) is 0 Å². The van der Waals surface area contributed by atoms with Crippen molar-refractivity contribution < 1.29 is 0 Å². The van der Waals surface area contributed by atoms with Crippen molar-refractivity contribution in [1.29, 1.82) is 0 Å². The van der Waals surface area contributed by atoms with Crippen LogP contribution in [0.3, 0.4) is 0 Å². The summed E-state index contributed by atoms with van der Waals surface area (Å²) in [5.41, 5.74) is 7.96. The predicted molar refractivity (Wildman–Crippen MR) is 74.3 cm³/mol. The molecule has 2 nitrogen and oxygen atoms in total. The molecule has 0 aliphatic rings. The minimum atomic E-state index is 0.775. The summed E-state index contributed by atoms with van der Waals surface area (Å²) in [5, 5.41) is 3.47. The van der Waals surface area contributed by atoms with E-state index in [2.05, 4.69) is 41.2 Å². The number of nitrogen functional groups attached to an aromatic ring is 1. The van der Waals surface area contributed by atoms with Gasteiger partial charge in [0.2, 0.25) is 0 Å². The van der Waals surface area contributed by atoms with Crippen LogP contribution in [0.5, 0.6) is 0 Å². The van der Waals surface area contributed by atoms with Gasteiger partial charge in [-0.3, -0.25) is 0 Å². The smallest absolute Gasteiger partial charge is 0.0370 e. The standard InChI is InChI=1S/C13H21BrN2/c1-3-10(4-2)8-16-9-11-5-6-12(14)7-13(11)15/h5-7,10,16H,3-4,8-9,15H2,1-2H3. The van der Waals surface area contributed by atoms with Gasteiger partial charge in [0.15, 0.2) is 0 Å². The van der Waals surface area contributed by atoms with Crippen LogP contribution < -0.4 is 11.1 Å². The highest BCUT2D eigenvalue weighted by Crippen LogP contribution is 2.18. The van der Waals surface area contributed by atoms with Crippen molar-refractivity contribution in [2.24, 2.45) is 5.92 Å². The van der Waals surface area contributed by atoms with E-state index in [9.17, 15) is 0 Å². The fraction of sp³-hybridized carbons (Fsp3) is 0.538. The van der Waals surface area contributed by atoms with Crippen molar-refractivity contribution in [2.45, 2.75) is 33.2 Å². The molecular formula is C13H21BrN2. The minimum absolute atomic E-state index is 0.775. The lowest BCUT2D eigenvalue weighted by molar-refractivity contribution is 0.450. The number of anilines is 1. The number of nitrogens with two attached hydrogens (primary N) is 1. The molecular weight excluding hydrogens is 264 g/mol. The van der Waals surface area contributed by atoms with E-state index in [4.69, 9.17) is 5.73 Å². The van der Waals surface area contributed by atoms with Crippen molar-refractivity contribution in [3.05, 3.63) is 28.2 Å². The fourth-order valence-electron chi connectivity index (χ4n) is 1.72. The molecule has 0 bridgehead atoms. The molecule has 0 radical (unpaired) electrons. The summed E-state index contributed by atoms with van der Waals surface area (Å²) in [7, 11) is 0. The minimum Gasteiger partial charge on any atom is -0.398 e. The van der Waals surface area contributed by atoms with Gasteiger partial charge in [0.25, 0.3) is 0 Å². The van der Waals surface area contributed by atoms with Crippen LogP contribution in [0, 0.1) is 5.92 Å². The zero-order valence-corrected chi connectivity index (χ0v) is 11.7. The average molecular weight is 285 g/mol. The third-order valence-electron chi connectivity index (χ3n) is 3.01. The monoisotopic (exact) mass is 284 g/mol. The van der Waals surface area contributed by atoms with Crippen LogP contribution in [0.4, 0.5) is 5.69 Å². The largest absolute Gasteiger partial charge is 0.398 e. The van der Waals surface area contributed by atoms with E-state index in [1.807, 2.05) is 12.1 Å². The summed E-state index contributed by atoms with van der Waals surface area (Å²) in [6.45, 7) is 6.41. The first-order chi connectivity index (χ1) is 7.67. The van der Waals surface area contributed by atoms with Crippen LogP contribution in [0.25, 0.3) is 0 Å². The number of hydrogen-bond acceptors (Lipinski definition) is 2. The van der Waals surface area contributed by atoms with Gasteiger partial charge in [-0.05, 0) is 30.2 Å². The van der Waals surface area contributed by atoms with Crippen LogP contribution in [0.1, 0.15) is 32.3 Å². The molecule has 0 aromatic heterocycles. The third kappa shape index (κ3) is 4.14. The van der Waals surface area contributed by atoms with Crippen molar-refractivity contribution in [1.82, 2.24) is 5.32 Å². The summed E-state index contributed by atoms with van der Waals surface area (Å²) in [4.78, 5) is 0. The lowest BCUT2D eigenvalue weighted by Crippen LogP contribution is -2.22. The molecule has 0 spiro atoms. The third-order valence-corrected chi connectivity index (χ3v) is 3.50. The summed E-state index contributed by atoms with van der Waals surface area (Å²) < 4.78 is 1.04. The highest BCUT2D eigenvalue weighted by Gasteiger charge is 2.04. The molecule has 0 fully saturated rings. The Morgan fingerprint density at radius 2 is 2.00 bits per heavy atom. The summed E-state index contributed by atoms with van der Waals surface area (Å²) in [5.74, 6) is 0.775. The molecule has 0 amide bonds. The van der Waals surface area contributed by atoms with Gasteiger partial charge < -0.3 is 11.1 Å². The van der Waals surface area contributed by atoms with Crippen LogP contribution in [-0.2, 0) is 6.54 Å². The highest BCUT2D eigenvalue weighted by molar-refractivity contribution is 9.10. The van der Waals surface area contributed by atoms with Crippen molar-refractivity contribution in [3.8, 4) is 0 Å². The van der Waals surface area contributed by atoms with Gasteiger partial charge in [0.05, 0.1) is 0 Å². The highest BCUT2D eigenvalue weighted by atomic mass is 79.9. The second kappa shape index (κ2) is 6.92. The molecule has 0 saturated carbocycles. The van der Waals surface area contributed by atoms with E-state index in [1.54, 1.807) is 0 Å². The zero-order chi connectivity index (χ0) is 12.0. The molecule has 1 aromatic carbocycles. The molecule has 90 valence electrons. The average Bonchev–Trinajstić information content (AvgIpc) is 2.27. The van der Waals surface area contributed by atoms with Crippen molar-refractivity contribution in [2.75, 3.05) is 12.3 Å². The van der Waals surface area contributed by atoms with Gasteiger partial charge in [-0.1, -0.05) is 48.7 Å². The predicted octanol–water partition coefficient (Wildman–Crippen LogP) is 3.56. The number of benzene rings is 1. The maximum absolute atomic E-state index is 5.93. The molecule has 0 atom stereocenters. The number of nitrogens with one attached hydrogen (secondary N) is 1. The van der Waals surface area contributed by atoms with Gasteiger partial charge in [-0.2, -0.15) is 0 Å². The molecule has 3 heteroatoms. The van der Waals surface area contributed by atoms with Gasteiger partial charge in [-0.15, -0.1) is 0 Å². The Labute approximate surface area is 107 Å². The maximum Gasteiger partial charge on any atom is 0.0370 e. The molecule has 0 saturated heterocycles. The van der Waals surface area contributed by atoms with Crippen LogP contribution in [-0.4, -0.2) is 6.54 Å². The number of hydrogen-bond donors (Lipinski definition) is 2. The first-order valence-electron chi connectivity index (χ1n) is 5.92. The van der Waals surface area contributed by atoms with E-state index in [0.29, 0.717) is 0 Å². The Hall–Kier alpha value is -0.540. The Bertz CT molecular complexity index is 322. The van der Waals surface area contributed by atoms with Gasteiger partial charge in [0, 0.05) is 16.7 Å².